The van der Waals surface area contributed by atoms with Crippen LogP contribution in [0.15, 0.2) is 78.9 Å². The number of rotatable bonds is 5. The summed E-state index contributed by atoms with van der Waals surface area (Å²) >= 11 is 0. The Hall–Kier alpha value is -2.99. The third-order valence-corrected chi connectivity index (χ3v) is 5.67. The minimum atomic E-state index is -1.01. The van der Waals surface area contributed by atoms with Gasteiger partial charge in [-0.2, -0.15) is 0 Å². The summed E-state index contributed by atoms with van der Waals surface area (Å²) in [5, 5.41) is 23.0. The molecule has 0 radical (unpaired) electrons. The predicted molar refractivity (Wildman–Crippen MR) is 117 cm³/mol. The second-order valence-corrected chi connectivity index (χ2v) is 7.73. The molecule has 154 valence electrons. The van der Waals surface area contributed by atoms with Crippen molar-refractivity contribution in [3.8, 4) is 11.1 Å². The number of likely N-dealkylation sites (N-methyl/N-ethyl adjacent to an activating group) is 1. The van der Waals surface area contributed by atoms with Crippen LogP contribution in [0.2, 0.25) is 0 Å². The fraction of sp³-hybridized carbons (Fsp3) is 0.240. The molecule has 1 heterocycles. The Morgan fingerprint density at radius 2 is 1.67 bits per heavy atom. The lowest BCUT2D eigenvalue weighted by molar-refractivity contribution is 0.00733. The fourth-order valence-corrected chi connectivity index (χ4v) is 3.98. The summed E-state index contributed by atoms with van der Waals surface area (Å²) in [4.78, 5) is 14.6. The van der Waals surface area contributed by atoms with E-state index in [1.165, 1.54) is 10.5 Å². The van der Waals surface area contributed by atoms with E-state index in [1.54, 1.807) is 7.05 Å². The first-order chi connectivity index (χ1) is 14.5. The lowest BCUT2D eigenvalue weighted by Crippen LogP contribution is -2.49. The van der Waals surface area contributed by atoms with Gasteiger partial charge in [0.25, 0.3) is 5.91 Å². The molecule has 0 spiro atoms. The largest absolute Gasteiger partial charge is 0.389 e. The standard InChI is InChI=1S/C25H26N2O3/c1-27(24-23(29)22(28)16-26-24)25(30)19-12-13-21(18-10-6-3-7-11-18)20(15-19)14-17-8-4-2-5-9-17/h2-13,15,22-24,26,28-29H,14,16H2,1H3. The fourth-order valence-electron chi connectivity index (χ4n) is 3.98. The highest BCUT2D eigenvalue weighted by Gasteiger charge is 2.37. The molecule has 1 aliphatic rings. The molecule has 30 heavy (non-hydrogen) atoms. The maximum absolute atomic E-state index is 13.1. The Morgan fingerprint density at radius 1 is 1.00 bits per heavy atom. The zero-order chi connectivity index (χ0) is 21.1. The molecule has 1 fully saturated rings. The molecule has 1 amide bonds. The Balaban J connectivity index is 1.68. The molecule has 3 atom stereocenters. The molecule has 3 aromatic rings. The highest BCUT2D eigenvalue weighted by molar-refractivity contribution is 5.95. The van der Waals surface area contributed by atoms with Crippen LogP contribution in [0.3, 0.4) is 0 Å². The SMILES string of the molecule is CN(C(=O)c1ccc(-c2ccccc2)c(Cc2ccccc2)c1)C1NCC(O)C1O. The second-order valence-electron chi connectivity index (χ2n) is 7.73. The van der Waals surface area contributed by atoms with Crippen LogP contribution in [0.4, 0.5) is 0 Å². The zero-order valence-corrected chi connectivity index (χ0v) is 16.9. The first-order valence-electron chi connectivity index (χ1n) is 10.1. The van der Waals surface area contributed by atoms with Crippen LogP contribution >= 0.6 is 0 Å². The third kappa shape index (κ3) is 4.14. The van der Waals surface area contributed by atoms with Gasteiger partial charge in [-0.05, 0) is 40.8 Å². The van der Waals surface area contributed by atoms with Gasteiger partial charge in [0, 0.05) is 19.2 Å². The minimum Gasteiger partial charge on any atom is -0.389 e. The lowest BCUT2D eigenvalue weighted by atomic mass is 9.93. The summed E-state index contributed by atoms with van der Waals surface area (Å²) in [5.41, 5.74) is 4.98. The van der Waals surface area contributed by atoms with E-state index in [9.17, 15) is 15.0 Å². The predicted octanol–water partition coefficient (Wildman–Crippen LogP) is 2.67. The number of amides is 1. The minimum absolute atomic E-state index is 0.199. The maximum atomic E-state index is 13.1. The molecule has 0 aliphatic carbocycles. The van der Waals surface area contributed by atoms with Crippen molar-refractivity contribution in [3.05, 3.63) is 95.6 Å². The molecule has 5 heteroatoms. The number of aliphatic hydroxyl groups is 2. The summed E-state index contributed by atoms with van der Waals surface area (Å²) in [5.74, 6) is -0.199. The molecule has 0 saturated carbocycles. The normalized spacial score (nSPS) is 20.8. The highest BCUT2D eigenvalue weighted by atomic mass is 16.3. The number of hydrogen-bond donors (Lipinski definition) is 3. The molecule has 3 unspecified atom stereocenters. The molecule has 1 saturated heterocycles. The van der Waals surface area contributed by atoms with Crippen molar-refractivity contribution in [1.82, 2.24) is 10.2 Å². The first-order valence-corrected chi connectivity index (χ1v) is 10.1. The average molecular weight is 402 g/mol. The van der Waals surface area contributed by atoms with Crippen LogP contribution in [-0.4, -0.2) is 53.0 Å². The van der Waals surface area contributed by atoms with Crippen LogP contribution in [0.5, 0.6) is 0 Å². The molecular formula is C25H26N2O3. The summed E-state index contributed by atoms with van der Waals surface area (Å²) in [6.45, 7) is 0.260. The van der Waals surface area contributed by atoms with Crippen molar-refractivity contribution in [1.29, 1.82) is 0 Å². The van der Waals surface area contributed by atoms with Gasteiger partial charge in [0.05, 0.1) is 6.10 Å². The van der Waals surface area contributed by atoms with E-state index in [2.05, 4.69) is 29.6 Å². The summed E-state index contributed by atoms with van der Waals surface area (Å²) < 4.78 is 0. The lowest BCUT2D eigenvalue weighted by Gasteiger charge is -2.28. The van der Waals surface area contributed by atoms with Gasteiger partial charge in [0.15, 0.2) is 0 Å². The smallest absolute Gasteiger partial charge is 0.254 e. The van der Waals surface area contributed by atoms with Crippen LogP contribution < -0.4 is 5.32 Å². The number of carbonyl (C=O) groups is 1. The van der Waals surface area contributed by atoms with Gasteiger partial charge in [-0.3, -0.25) is 10.1 Å². The van der Waals surface area contributed by atoms with E-state index >= 15 is 0 Å². The molecule has 1 aliphatic heterocycles. The van der Waals surface area contributed by atoms with Gasteiger partial charge in [-0.25, -0.2) is 0 Å². The number of hydrogen-bond acceptors (Lipinski definition) is 4. The summed E-state index contributed by atoms with van der Waals surface area (Å²) in [6, 6.07) is 26.1. The second kappa shape index (κ2) is 8.79. The quantitative estimate of drug-likeness (QED) is 0.614. The molecule has 3 aromatic carbocycles. The Labute approximate surface area is 176 Å². The van der Waals surface area contributed by atoms with E-state index in [4.69, 9.17) is 0 Å². The molecule has 5 nitrogen and oxygen atoms in total. The molecule has 4 rings (SSSR count). The maximum Gasteiger partial charge on any atom is 0.254 e. The van der Waals surface area contributed by atoms with Gasteiger partial charge in [-0.1, -0.05) is 66.7 Å². The number of aliphatic hydroxyl groups excluding tert-OH is 2. The summed E-state index contributed by atoms with van der Waals surface area (Å²) in [6.07, 6.45) is -1.79. The van der Waals surface area contributed by atoms with E-state index in [1.807, 2.05) is 54.6 Å². The van der Waals surface area contributed by atoms with E-state index in [0.717, 1.165) is 16.7 Å². The van der Waals surface area contributed by atoms with Crippen LogP contribution in [-0.2, 0) is 6.42 Å². The van der Waals surface area contributed by atoms with Crippen LogP contribution in [0.25, 0.3) is 11.1 Å². The summed E-state index contributed by atoms with van der Waals surface area (Å²) in [7, 11) is 1.64. The zero-order valence-electron chi connectivity index (χ0n) is 16.9. The van der Waals surface area contributed by atoms with Crippen LogP contribution in [0.1, 0.15) is 21.5 Å². The molecule has 0 bridgehead atoms. The number of nitrogens with one attached hydrogen (secondary N) is 1. The van der Waals surface area contributed by atoms with Crippen molar-refractivity contribution < 1.29 is 15.0 Å². The molecule has 0 aromatic heterocycles. The van der Waals surface area contributed by atoms with Gasteiger partial charge < -0.3 is 15.1 Å². The van der Waals surface area contributed by atoms with Crippen LogP contribution in [0, 0.1) is 0 Å². The van der Waals surface area contributed by atoms with Gasteiger partial charge in [-0.15, -0.1) is 0 Å². The Morgan fingerprint density at radius 3 is 2.30 bits per heavy atom. The highest BCUT2D eigenvalue weighted by Crippen LogP contribution is 2.28. The third-order valence-electron chi connectivity index (χ3n) is 5.67. The Kier molecular flexibility index (Phi) is 5.95. The van der Waals surface area contributed by atoms with Crippen molar-refractivity contribution in [2.45, 2.75) is 24.8 Å². The molecule has 3 N–H and O–H groups in total. The van der Waals surface area contributed by atoms with E-state index in [-0.39, 0.29) is 12.5 Å². The first kappa shape index (κ1) is 20.3. The van der Waals surface area contributed by atoms with Crippen molar-refractivity contribution in [2.75, 3.05) is 13.6 Å². The number of β-amino-alcohol motifs (C(OH)–C–C–N with tert-alkyl or cyclic N) is 1. The number of carbonyl (C=O) groups excluding carboxylic acids is 1. The monoisotopic (exact) mass is 402 g/mol. The van der Waals surface area contributed by atoms with Crippen molar-refractivity contribution in [3.63, 3.8) is 0 Å². The Bertz CT molecular complexity index is 1010. The van der Waals surface area contributed by atoms with Gasteiger partial charge in [0.1, 0.15) is 12.3 Å². The van der Waals surface area contributed by atoms with Gasteiger partial charge >= 0.3 is 0 Å². The van der Waals surface area contributed by atoms with Crippen molar-refractivity contribution in [2.24, 2.45) is 0 Å². The van der Waals surface area contributed by atoms with Gasteiger partial charge in [0.2, 0.25) is 0 Å². The van der Waals surface area contributed by atoms with E-state index in [0.29, 0.717) is 12.0 Å². The number of benzene rings is 3. The average Bonchev–Trinajstić information content (AvgIpc) is 3.12. The topological polar surface area (TPSA) is 72.8 Å². The molecular weight excluding hydrogens is 376 g/mol. The van der Waals surface area contributed by atoms with Crippen molar-refractivity contribution >= 4 is 5.91 Å². The number of nitrogens with zero attached hydrogens (tertiary/aromatic N) is 1. The van der Waals surface area contributed by atoms with E-state index < -0.39 is 18.4 Å².